The van der Waals surface area contributed by atoms with Crippen LogP contribution >= 0.6 is 0 Å². The van der Waals surface area contributed by atoms with Gasteiger partial charge in [0.1, 0.15) is 12.1 Å². The Hall–Kier alpha value is -5.47. The maximum atomic E-state index is 13.9. The molecule has 2 saturated heterocycles. The second-order valence-electron chi connectivity index (χ2n) is 16.6. The first-order valence-electron chi connectivity index (χ1n) is 22.2. The maximum absolute atomic E-state index is 13.9. The SMILES string of the molecule is CC(=O)N[C@H](CCCN)C(=O)NC(=O)[C@H](C)NC(=O)[C@H](CCN=C(N)N)NCCN1CCN(CCCC2CCN(CC(=O)N3c4ccccc4NC(=O)c4ccccc43)CC2)CC1. The van der Waals surface area contributed by atoms with Crippen LogP contribution in [-0.4, -0.2) is 153 Å². The van der Waals surface area contributed by atoms with Gasteiger partial charge in [0.05, 0.1) is 35.2 Å². The number of hydrogen-bond donors (Lipinski definition) is 8. The second kappa shape index (κ2) is 24.4. The monoisotopic (exact) mass is 874 g/mol. The summed E-state index contributed by atoms with van der Waals surface area (Å²) in [6.45, 7) is 11.3. The topological polar surface area (TPSA) is 266 Å². The van der Waals surface area contributed by atoms with Gasteiger partial charge in [0, 0.05) is 52.7 Å². The lowest BCUT2D eigenvalue weighted by molar-refractivity contribution is -0.136. The highest BCUT2D eigenvalue weighted by atomic mass is 16.2. The summed E-state index contributed by atoms with van der Waals surface area (Å²) in [7, 11) is 0. The van der Waals surface area contributed by atoms with Gasteiger partial charge in [-0.1, -0.05) is 24.3 Å². The quantitative estimate of drug-likeness (QED) is 0.0610. The molecule has 19 nitrogen and oxygen atoms in total. The Morgan fingerprint density at radius 1 is 0.794 bits per heavy atom. The molecule has 5 rings (SSSR count). The molecule has 19 heteroatoms. The molecule has 2 aromatic rings. The number of benzene rings is 2. The van der Waals surface area contributed by atoms with Crippen molar-refractivity contribution in [3.63, 3.8) is 0 Å². The molecule has 0 bridgehead atoms. The predicted octanol–water partition coefficient (Wildman–Crippen LogP) is 0.0396. The third kappa shape index (κ3) is 14.8. The summed E-state index contributed by atoms with van der Waals surface area (Å²) in [6.07, 6.45) is 5.40. The third-order valence-corrected chi connectivity index (χ3v) is 11.9. The van der Waals surface area contributed by atoms with Crippen molar-refractivity contribution in [3.8, 4) is 0 Å². The number of carbonyl (C=O) groups excluding carboxylic acids is 6. The Morgan fingerprint density at radius 3 is 2.14 bits per heavy atom. The molecule has 0 saturated carbocycles. The van der Waals surface area contributed by atoms with Crippen molar-refractivity contribution in [2.45, 2.75) is 76.9 Å². The number of carbonyl (C=O) groups is 6. The number of para-hydroxylation sites is 3. The van der Waals surface area contributed by atoms with Crippen LogP contribution in [0, 0.1) is 5.92 Å². The van der Waals surface area contributed by atoms with E-state index in [2.05, 4.69) is 46.3 Å². The molecular weight excluding hydrogens is 807 g/mol. The van der Waals surface area contributed by atoms with E-state index in [0.717, 1.165) is 78.0 Å². The lowest BCUT2D eigenvalue weighted by Gasteiger charge is -2.36. The molecule has 3 aliphatic heterocycles. The first-order chi connectivity index (χ1) is 30.3. The van der Waals surface area contributed by atoms with Gasteiger partial charge < -0.3 is 43.4 Å². The van der Waals surface area contributed by atoms with Gasteiger partial charge in [-0.2, -0.15) is 0 Å². The molecule has 3 atom stereocenters. The third-order valence-electron chi connectivity index (χ3n) is 11.9. The number of hydrogen-bond acceptors (Lipinski definition) is 12. The molecule has 344 valence electrons. The number of piperidine rings is 1. The van der Waals surface area contributed by atoms with E-state index in [-0.39, 0.29) is 43.7 Å². The zero-order chi connectivity index (χ0) is 45.3. The maximum Gasteiger partial charge on any atom is 0.257 e. The van der Waals surface area contributed by atoms with Gasteiger partial charge in [-0.25, -0.2) is 0 Å². The average Bonchev–Trinajstić information content (AvgIpc) is 3.38. The number of amides is 6. The van der Waals surface area contributed by atoms with Gasteiger partial charge in [0.25, 0.3) is 5.91 Å². The molecule has 63 heavy (non-hydrogen) atoms. The zero-order valence-electron chi connectivity index (χ0n) is 36.8. The van der Waals surface area contributed by atoms with E-state index in [0.29, 0.717) is 48.1 Å². The fourth-order valence-corrected chi connectivity index (χ4v) is 8.34. The van der Waals surface area contributed by atoms with Gasteiger partial charge in [-0.05, 0) is 108 Å². The summed E-state index contributed by atoms with van der Waals surface area (Å²) in [5.41, 5.74) is 18.9. The van der Waals surface area contributed by atoms with E-state index >= 15 is 0 Å². The van der Waals surface area contributed by atoms with Crippen molar-refractivity contribution in [1.82, 2.24) is 36.0 Å². The van der Waals surface area contributed by atoms with E-state index in [1.807, 2.05) is 42.5 Å². The van der Waals surface area contributed by atoms with E-state index in [1.54, 1.807) is 11.0 Å². The summed E-state index contributed by atoms with van der Waals surface area (Å²) in [5.74, 6) is -1.95. The number of rotatable bonds is 21. The van der Waals surface area contributed by atoms with Crippen molar-refractivity contribution in [2.75, 3.05) is 88.8 Å². The lowest BCUT2D eigenvalue weighted by Crippen LogP contribution is -2.56. The minimum absolute atomic E-state index is 0.0514. The number of anilines is 3. The van der Waals surface area contributed by atoms with Gasteiger partial charge in [-0.15, -0.1) is 0 Å². The number of guanidine groups is 1. The lowest BCUT2D eigenvalue weighted by atomic mass is 9.92. The molecule has 2 fully saturated rings. The van der Waals surface area contributed by atoms with Crippen molar-refractivity contribution >= 4 is 58.5 Å². The Morgan fingerprint density at radius 2 is 1.46 bits per heavy atom. The number of imide groups is 1. The first kappa shape index (κ1) is 48.6. The zero-order valence-corrected chi connectivity index (χ0v) is 36.8. The largest absolute Gasteiger partial charge is 0.370 e. The summed E-state index contributed by atoms with van der Waals surface area (Å²) >= 11 is 0. The summed E-state index contributed by atoms with van der Waals surface area (Å²) < 4.78 is 0. The Kier molecular flexibility index (Phi) is 18.8. The normalized spacial score (nSPS) is 17.5. The Balaban J connectivity index is 0.992. The van der Waals surface area contributed by atoms with Crippen LogP contribution in [0.4, 0.5) is 17.1 Å². The number of piperazine rings is 1. The van der Waals surface area contributed by atoms with Crippen molar-refractivity contribution in [3.05, 3.63) is 54.1 Å². The molecule has 3 heterocycles. The molecule has 0 spiro atoms. The van der Waals surface area contributed by atoms with Crippen molar-refractivity contribution in [1.29, 1.82) is 0 Å². The minimum Gasteiger partial charge on any atom is -0.370 e. The highest BCUT2D eigenvalue weighted by Gasteiger charge is 2.32. The van der Waals surface area contributed by atoms with Gasteiger partial charge in [0.15, 0.2) is 5.96 Å². The standard InChI is InChI=1S/C44H67N13O6/c1-30(40(60)53-43(63)36(12-7-18-45)51-31(2)58)50-42(62)35(15-19-49-44(46)47)48-20-24-55-27-25-54(26-28-55)21-8-9-32-16-22-56(23-17-32)29-39(59)57-37-13-5-3-10-33(37)41(61)52-34-11-4-6-14-38(34)57/h3-6,10-11,13-14,30,32,35-36,48H,7-9,12,15-29,45H2,1-2H3,(H,50,62)(H,51,58)(H,52,61)(H4,46,47,49)(H,53,60,63)/t30-,35-,36+/m0/s1. The summed E-state index contributed by atoms with van der Waals surface area (Å²) in [4.78, 5) is 90.1. The molecule has 2 aromatic carbocycles. The number of nitrogens with two attached hydrogens (primary N) is 3. The second-order valence-corrected chi connectivity index (χ2v) is 16.6. The van der Waals surface area contributed by atoms with Crippen LogP contribution in [0.5, 0.6) is 0 Å². The van der Waals surface area contributed by atoms with Crippen LogP contribution in [0.2, 0.25) is 0 Å². The number of nitrogens with zero attached hydrogens (tertiary/aromatic N) is 5. The minimum atomic E-state index is -1.03. The van der Waals surface area contributed by atoms with Crippen LogP contribution in [-0.2, 0) is 24.0 Å². The molecule has 0 radical (unpaired) electrons. The van der Waals surface area contributed by atoms with E-state index in [9.17, 15) is 28.8 Å². The van der Waals surface area contributed by atoms with E-state index in [4.69, 9.17) is 17.2 Å². The molecule has 6 amide bonds. The van der Waals surface area contributed by atoms with E-state index in [1.165, 1.54) is 13.8 Å². The van der Waals surface area contributed by atoms with Crippen molar-refractivity contribution < 1.29 is 28.8 Å². The number of likely N-dealkylation sites (tertiary alicyclic amines) is 1. The fourth-order valence-electron chi connectivity index (χ4n) is 8.34. The Bertz CT molecular complexity index is 1910. The summed E-state index contributed by atoms with van der Waals surface area (Å²) in [6, 6.07) is 12.0. The van der Waals surface area contributed by atoms with Crippen LogP contribution in [0.3, 0.4) is 0 Å². The molecular formula is C44H67N13O6. The first-order valence-corrected chi connectivity index (χ1v) is 22.2. The predicted molar refractivity (Wildman–Crippen MR) is 243 cm³/mol. The molecule has 3 aliphatic rings. The fraction of sp³-hybridized carbons (Fsp3) is 0.568. The van der Waals surface area contributed by atoms with Crippen molar-refractivity contribution in [2.24, 2.45) is 28.1 Å². The highest BCUT2D eigenvalue weighted by Crippen LogP contribution is 2.38. The van der Waals surface area contributed by atoms with Gasteiger partial charge in [0.2, 0.25) is 29.5 Å². The molecule has 0 unspecified atom stereocenters. The highest BCUT2D eigenvalue weighted by molar-refractivity contribution is 6.18. The molecule has 0 aromatic heterocycles. The molecule has 11 N–H and O–H groups in total. The smallest absolute Gasteiger partial charge is 0.257 e. The average molecular weight is 874 g/mol. The van der Waals surface area contributed by atoms with Crippen LogP contribution < -0.4 is 48.7 Å². The van der Waals surface area contributed by atoms with Crippen LogP contribution in [0.15, 0.2) is 53.5 Å². The summed E-state index contributed by atoms with van der Waals surface area (Å²) in [5, 5.41) is 13.8. The Labute approximate surface area is 370 Å². The van der Waals surface area contributed by atoms with Crippen LogP contribution in [0.25, 0.3) is 0 Å². The number of aliphatic imine (C=N–C) groups is 1. The van der Waals surface area contributed by atoms with Gasteiger partial charge in [-0.3, -0.25) is 53.8 Å². The number of nitrogens with one attached hydrogen (secondary N) is 5. The number of fused-ring (bicyclic) bond motifs is 2. The van der Waals surface area contributed by atoms with E-state index < -0.39 is 41.8 Å². The molecule has 0 aliphatic carbocycles. The van der Waals surface area contributed by atoms with Crippen LogP contribution in [0.1, 0.15) is 69.2 Å². The van der Waals surface area contributed by atoms with Gasteiger partial charge >= 0.3 is 0 Å².